The van der Waals surface area contributed by atoms with Crippen LogP contribution in [0.2, 0.25) is 0 Å². The lowest BCUT2D eigenvalue weighted by Gasteiger charge is -2.56. The van der Waals surface area contributed by atoms with Crippen molar-refractivity contribution in [1.82, 2.24) is 25.1 Å². The van der Waals surface area contributed by atoms with Crippen LogP contribution in [0.3, 0.4) is 0 Å². The Balaban J connectivity index is 1.52. The molecule has 2 bridgehead atoms. The normalized spacial score (nSPS) is 29.4. The number of nitrogens with one attached hydrogen (secondary N) is 1. The minimum Gasteiger partial charge on any atom is -0.355 e. The molecule has 1 N–H and O–H groups in total. The van der Waals surface area contributed by atoms with Crippen LogP contribution in [0, 0.1) is 11.8 Å². The van der Waals surface area contributed by atoms with E-state index in [1.807, 2.05) is 18.7 Å². The summed E-state index contributed by atoms with van der Waals surface area (Å²) < 4.78 is 0. The zero-order chi connectivity index (χ0) is 20.5. The van der Waals surface area contributed by atoms with Crippen molar-refractivity contribution in [3.63, 3.8) is 0 Å². The third kappa shape index (κ3) is 4.15. The summed E-state index contributed by atoms with van der Waals surface area (Å²) in [6.07, 6.45) is 8.19. The maximum absolute atomic E-state index is 13.2. The van der Waals surface area contributed by atoms with Gasteiger partial charge in [-0.25, -0.2) is 9.97 Å². The van der Waals surface area contributed by atoms with Crippen molar-refractivity contribution in [2.75, 3.05) is 26.2 Å². The van der Waals surface area contributed by atoms with Crippen LogP contribution >= 0.6 is 0 Å². The first-order valence-corrected chi connectivity index (χ1v) is 11.1. The summed E-state index contributed by atoms with van der Waals surface area (Å²) in [7, 11) is 0. The Bertz CT molecular complexity index is 750. The molecule has 3 saturated heterocycles. The minimum absolute atomic E-state index is 0.0202. The van der Waals surface area contributed by atoms with Gasteiger partial charge in [-0.3, -0.25) is 14.5 Å². The van der Waals surface area contributed by atoms with Crippen LogP contribution in [0.4, 0.5) is 0 Å². The van der Waals surface area contributed by atoms with Gasteiger partial charge in [0.2, 0.25) is 5.91 Å². The number of aromatic nitrogens is 2. The highest BCUT2D eigenvalue weighted by Crippen LogP contribution is 2.41. The molecule has 4 atom stereocenters. The van der Waals surface area contributed by atoms with Crippen LogP contribution in [0.5, 0.6) is 0 Å². The van der Waals surface area contributed by atoms with Gasteiger partial charge in [-0.1, -0.05) is 20.3 Å². The molecule has 0 saturated carbocycles. The number of hydrogen-bond donors (Lipinski definition) is 1. The Morgan fingerprint density at radius 3 is 2.59 bits per heavy atom. The second-order valence-corrected chi connectivity index (χ2v) is 9.26. The molecule has 3 aliphatic rings. The fourth-order valence-corrected chi connectivity index (χ4v) is 5.53. The van der Waals surface area contributed by atoms with Gasteiger partial charge in [-0.05, 0) is 37.6 Å². The predicted molar refractivity (Wildman–Crippen MR) is 110 cm³/mol. The maximum atomic E-state index is 13.2. The van der Waals surface area contributed by atoms with E-state index >= 15 is 0 Å². The first-order chi connectivity index (χ1) is 13.9. The van der Waals surface area contributed by atoms with E-state index in [-0.39, 0.29) is 17.7 Å². The van der Waals surface area contributed by atoms with Gasteiger partial charge in [0, 0.05) is 57.0 Å². The molecule has 7 nitrogen and oxygen atoms in total. The lowest BCUT2D eigenvalue weighted by molar-refractivity contribution is -0.120. The van der Waals surface area contributed by atoms with E-state index in [2.05, 4.69) is 20.2 Å². The summed E-state index contributed by atoms with van der Waals surface area (Å²) in [6, 6.07) is 0.838. The zero-order valence-electron chi connectivity index (χ0n) is 17.8. The highest BCUT2D eigenvalue weighted by molar-refractivity contribution is 5.93. The van der Waals surface area contributed by atoms with Gasteiger partial charge < -0.3 is 10.2 Å². The van der Waals surface area contributed by atoms with Crippen molar-refractivity contribution in [3.8, 4) is 0 Å². The summed E-state index contributed by atoms with van der Waals surface area (Å²) in [5.41, 5.74) is 0.577. The molecule has 7 heteroatoms. The van der Waals surface area contributed by atoms with Crippen LogP contribution < -0.4 is 5.32 Å². The highest BCUT2D eigenvalue weighted by atomic mass is 16.2. The number of nitrogens with zero attached hydrogens (tertiary/aromatic N) is 4. The van der Waals surface area contributed by atoms with E-state index in [1.54, 1.807) is 19.3 Å². The number of carbonyl (C=O) groups is 2. The number of piperidine rings is 3. The lowest BCUT2D eigenvalue weighted by atomic mass is 9.72. The fraction of sp³-hybridized carbons (Fsp3) is 0.727. The largest absolute Gasteiger partial charge is 0.355 e. The first-order valence-electron chi connectivity index (χ1n) is 11.1. The third-order valence-electron chi connectivity index (χ3n) is 6.90. The molecule has 0 spiro atoms. The Morgan fingerprint density at radius 2 is 1.90 bits per heavy atom. The van der Waals surface area contributed by atoms with Gasteiger partial charge >= 0.3 is 0 Å². The van der Waals surface area contributed by atoms with Crippen molar-refractivity contribution in [1.29, 1.82) is 0 Å². The van der Waals surface area contributed by atoms with Gasteiger partial charge in [-0.2, -0.15) is 0 Å². The van der Waals surface area contributed by atoms with Gasteiger partial charge in [0.05, 0.1) is 5.56 Å². The smallest absolute Gasteiger partial charge is 0.257 e. The Labute approximate surface area is 173 Å². The quantitative estimate of drug-likeness (QED) is 0.838. The molecule has 4 rings (SSSR count). The van der Waals surface area contributed by atoms with Gasteiger partial charge in [0.15, 0.2) is 0 Å². The van der Waals surface area contributed by atoms with E-state index in [4.69, 9.17) is 0 Å². The molecule has 1 aromatic heterocycles. The molecule has 1 aromatic rings. The summed E-state index contributed by atoms with van der Waals surface area (Å²) >= 11 is 0. The van der Waals surface area contributed by atoms with Gasteiger partial charge in [0.25, 0.3) is 5.91 Å². The molecule has 0 radical (unpaired) electrons. The average Bonchev–Trinajstić information content (AvgIpc) is 2.73. The number of likely N-dealkylation sites (tertiary alicyclic amines) is 1. The molecular formula is C22H33N5O2. The zero-order valence-corrected chi connectivity index (χ0v) is 17.8. The number of amides is 2. The van der Waals surface area contributed by atoms with E-state index in [0.717, 1.165) is 31.9 Å². The molecular weight excluding hydrogens is 366 g/mol. The summed E-state index contributed by atoms with van der Waals surface area (Å²) in [5.74, 6) is 1.99. The maximum Gasteiger partial charge on any atom is 0.257 e. The molecule has 0 aliphatic carbocycles. The molecule has 3 aliphatic heterocycles. The van der Waals surface area contributed by atoms with Crippen LogP contribution in [0.15, 0.2) is 12.4 Å². The summed E-state index contributed by atoms with van der Waals surface area (Å²) in [4.78, 5) is 38.2. The van der Waals surface area contributed by atoms with Gasteiger partial charge in [0.1, 0.15) is 5.82 Å². The van der Waals surface area contributed by atoms with Crippen LogP contribution in [-0.2, 0) is 4.79 Å². The molecule has 0 aromatic carbocycles. The van der Waals surface area contributed by atoms with E-state index < -0.39 is 0 Å². The Kier molecular flexibility index (Phi) is 5.86. The third-order valence-corrected chi connectivity index (χ3v) is 6.90. The Morgan fingerprint density at radius 1 is 1.17 bits per heavy atom. The lowest BCUT2D eigenvalue weighted by Crippen LogP contribution is -2.66. The molecule has 3 fully saturated rings. The molecule has 4 heterocycles. The van der Waals surface area contributed by atoms with Gasteiger partial charge in [-0.15, -0.1) is 0 Å². The minimum atomic E-state index is 0.0202. The molecule has 29 heavy (non-hydrogen) atoms. The van der Waals surface area contributed by atoms with Crippen LogP contribution in [-0.4, -0.2) is 69.8 Å². The monoisotopic (exact) mass is 399 g/mol. The average molecular weight is 400 g/mol. The van der Waals surface area contributed by atoms with Crippen molar-refractivity contribution in [3.05, 3.63) is 23.8 Å². The molecule has 2 amide bonds. The van der Waals surface area contributed by atoms with E-state index in [1.165, 1.54) is 19.3 Å². The number of hydrogen-bond acceptors (Lipinski definition) is 5. The fourth-order valence-electron chi connectivity index (χ4n) is 5.53. The molecule has 158 valence electrons. The van der Waals surface area contributed by atoms with Crippen LogP contribution in [0.25, 0.3) is 0 Å². The second kappa shape index (κ2) is 8.38. The number of rotatable bonds is 4. The van der Waals surface area contributed by atoms with Crippen molar-refractivity contribution in [2.45, 2.75) is 64.5 Å². The highest BCUT2D eigenvalue weighted by Gasteiger charge is 2.47. The van der Waals surface area contributed by atoms with Crippen molar-refractivity contribution in [2.24, 2.45) is 11.8 Å². The number of carbonyl (C=O) groups excluding carboxylic acids is 2. The Hall–Kier alpha value is -2.02. The predicted octanol–water partition coefficient (Wildman–Crippen LogP) is 2.05. The van der Waals surface area contributed by atoms with Crippen molar-refractivity contribution < 1.29 is 9.59 Å². The SMILES string of the molecule is CC(=O)NC[C@H]1[C@H]2C[C@H](CN(C(=O)c3cnc(C(C)C)nc3)C2)[C@@H]2CCCCN21. The summed E-state index contributed by atoms with van der Waals surface area (Å²) in [5, 5.41) is 3.04. The topological polar surface area (TPSA) is 78.4 Å². The number of fused-ring (bicyclic) bond motifs is 4. The first kappa shape index (κ1) is 20.3. The van der Waals surface area contributed by atoms with Crippen molar-refractivity contribution >= 4 is 11.8 Å². The van der Waals surface area contributed by atoms with Crippen LogP contribution in [0.1, 0.15) is 68.6 Å². The molecule has 0 unspecified atom stereocenters. The summed E-state index contributed by atoms with van der Waals surface area (Å²) in [6.45, 7) is 9.03. The standard InChI is InChI=1S/C22H33N5O2/c1-14(2)21-24-9-18(10-25-21)22(29)26-12-16-8-17(13-26)20(11-23-15(3)28)27-7-5-4-6-19(16)27/h9-10,14,16-17,19-20H,4-8,11-13H2,1-3H3,(H,23,28)/t16-,17+,19+,20+/m1/s1. The van der Waals surface area contributed by atoms with E-state index in [9.17, 15) is 9.59 Å². The second-order valence-electron chi connectivity index (χ2n) is 9.26. The van der Waals surface area contributed by atoms with E-state index in [0.29, 0.717) is 36.0 Å².